The number of halogens is 2. The topological polar surface area (TPSA) is 82.0 Å². The molecule has 0 aliphatic carbocycles. The van der Waals surface area contributed by atoms with Gasteiger partial charge in [0.1, 0.15) is 16.6 Å². The summed E-state index contributed by atoms with van der Waals surface area (Å²) in [7, 11) is 0. The lowest BCUT2D eigenvalue weighted by molar-refractivity contribution is -0.114. The number of hydrazone groups is 1. The molecule has 2 aliphatic rings. The van der Waals surface area contributed by atoms with E-state index in [1.807, 2.05) is 32.0 Å². The molecular weight excluding hydrogens is 419 g/mol. The van der Waals surface area contributed by atoms with Gasteiger partial charge in [0.2, 0.25) is 5.17 Å². The summed E-state index contributed by atoms with van der Waals surface area (Å²) >= 11 is 7.49. The summed E-state index contributed by atoms with van der Waals surface area (Å²) in [6.45, 7) is 3.90. The second-order valence-corrected chi connectivity index (χ2v) is 7.48. The van der Waals surface area contributed by atoms with Crippen LogP contribution in [-0.4, -0.2) is 27.0 Å². The SMILES string of the molecule is CCC1=NN2C(=N)/C(=C\c3ccc(-c4ccc(C)c(Cl)c4)o3)C(=O)N=C2S1.Cl. The van der Waals surface area contributed by atoms with Crippen LogP contribution in [0.1, 0.15) is 24.7 Å². The zero-order chi connectivity index (χ0) is 19.1. The van der Waals surface area contributed by atoms with Gasteiger partial charge in [0.25, 0.3) is 5.91 Å². The maximum Gasteiger partial charge on any atom is 0.283 e. The molecule has 4 rings (SSSR count). The Hall–Kier alpha value is -2.35. The predicted octanol–water partition coefficient (Wildman–Crippen LogP) is 5.36. The number of rotatable bonds is 3. The minimum Gasteiger partial charge on any atom is -0.457 e. The lowest BCUT2D eigenvalue weighted by Crippen LogP contribution is -2.35. The van der Waals surface area contributed by atoms with Gasteiger partial charge in [0.05, 0.1) is 5.57 Å². The predicted molar refractivity (Wildman–Crippen MR) is 116 cm³/mol. The number of fused-ring (bicyclic) bond motifs is 1. The van der Waals surface area contributed by atoms with Crippen LogP contribution in [0, 0.1) is 12.3 Å². The van der Waals surface area contributed by atoms with Gasteiger partial charge in [-0.3, -0.25) is 10.2 Å². The highest BCUT2D eigenvalue weighted by Gasteiger charge is 2.35. The first-order valence-electron chi connectivity index (χ1n) is 8.31. The average Bonchev–Trinajstić information content (AvgIpc) is 3.28. The van der Waals surface area contributed by atoms with Gasteiger partial charge in [0, 0.05) is 10.6 Å². The molecule has 0 atom stereocenters. The van der Waals surface area contributed by atoms with Crippen LogP contribution in [0.3, 0.4) is 0 Å². The smallest absolute Gasteiger partial charge is 0.283 e. The van der Waals surface area contributed by atoms with E-state index in [-0.39, 0.29) is 23.8 Å². The third-order valence-corrected chi connectivity index (χ3v) is 5.63. The number of nitrogens with zero attached hydrogens (tertiary/aromatic N) is 3. The molecule has 28 heavy (non-hydrogen) atoms. The number of hydrogen-bond donors (Lipinski definition) is 1. The molecule has 1 amide bonds. The molecule has 6 nitrogen and oxygen atoms in total. The van der Waals surface area contributed by atoms with Crippen molar-refractivity contribution in [2.75, 3.05) is 0 Å². The van der Waals surface area contributed by atoms with Crippen molar-refractivity contribution in [3.8, 4) is 11.3 Å². The number of hydrogen-bond acceptors (Lipinski definition) is 5. The summed E-state index contributed by atoms with van der Waals surface area (Å²) in [6, 6.07) is 9.22. The highest BCUT2D eigenvalue weighted by atomic mass is 35.5. The molecule has 2 aromatic rings. The van der Waals surface area contributed by atoms with Crippen LogP contribution in [0.25, 0.3) is 17.4 Å². The van der Waals surface area contributed by atoms with Gasteiger partial charge in [-0.05, 0) is 54.9 Å². The molecule has 144 valence electrons. The average molecular weight is 435 g/mol. The number of thioether (sulfide) groups is 1. The van der Waals surface area contributed by atoms with Crippen molar-refractivity contribution in [2.24, 2.45) is 10.1 Å². The Kier molecular flexibility index (Phi) is 5.79. The third kappa shape index (κ3) is 3.65. The van der Waals surface area contributed by atoms with E-state index in [4.69, 9.17) is 21.4 Å². The van der Waals surface area contributed by atoms with E-state index in [0.29, 0.717) is 21.7 Å². The lowest BCUT2D eigenvalue weighted by Gasteiger charge is -2.19. The Labute approximate surface area is 177 Å². The van der Waals surface area contributed by atoms with Crippen molar-refractivity contribution in [3.05, 3.63) is 52.3 Å². The summed E-state index contributed by atoms with van der Waals surface area (Å²) in [5.41, 5.74) is 1.97. The standard InChI is InChI=1S/C19H15ClN4O2S.ClH/c1-3-16-23-24-17(21)13(18(25)22-19(24)27-16)9-12-6-7-15(26-12)11-5-4-10(2)14(20)8-11;/h4-9,21H,3H2,1-2H3;1H/b13-9+,21-17?;. The molecule has 0 unspecified atom stereocenters. The van der Waals surface area contributed by atoms with Crippen LogP contribution in [0.5, 0.6) is 0 Å². The number of nitrogens with one attached hydrogen (secondary N) is 1. The Balaban J connectivity index is 0.00000225. The molecular formula is C19H16Cl2N4O2S. The van der Waals surface area contributed by atoms with Gasteiger partial charge >= 0.3 is 0 Å². The van der Waals surface area contributed by atoms with E-state index in [1.54, 1.807) is 12.1 Å². The van der Waals surface area contributed by atoms with Crippen LogP contribution < -0.4 is 0 Å². The molecule has 0 saturated carbocycles. The normalized spacial score (nSPS) is 17.4. The molecule has 0 fully saturated rings. The van der Waals surface area contributed by atoms with Crippen molar-refractivity contribution in [1.29, 1.82) is 5.41 Å². The van der Waals surface area contributed by atoms with Gasteiger partial charge < -0.3 is 4.42 Å². The summed E-state index contributed by atoms with van der Waals surface area (Å²) in [6.07, 6.45) is 2.25. The minimum absolute atomic E-state index is 0. The van der Waals surface area contributed by atoms with E-state index in [1.165, 1.54) is 22.8 Å². The van der Waals surface area contributed by atoms with Gasteiger partial charge in [0.15, 0.2) is 5.84 Å². The summed E-state index contributed by atoms with van der Waals surface area (Å²) in [5, 5.41) is 15.9. The highest BCUT2D eigenvalue weighted by molar-refractivity contribution is 8.26. The van der Waals surface area contributed by atoms with E-state index in [0.717, 1.165) is 22.6 Å². The van der Waals surface area contributed by atoms with Crippen LogP contribution in [0.4, 0.5) is 0 Å². The van der Waals surface area contributed by atoms with E-state index < -0.39 is 5.91 Å². The second-order valence-electron chi connectivity index (χ2n) is 6.03. The van der Waals surface area contributed by atoms with Gasteiger partial charge in [-0.25, -0.2) is 0 Å². The first-order valence-corrected chi connectivity index (χ1v) is 9.51. The van der Waals surface area contributed by atoms with Crippen LogP contribution >= 0.6 is 35.8 Å². The second kappa shape index (κ2) is 7.95. The van der Waals surface area contributed by atoms with Crippen molar-refractivity contribution in [2.45, 2.75) is 20.3 Å². The summed E-state index contributed by atoms with van der Waals surface area (Å²) < 4.78 is 5.83. The fourth-order valence-corrected chi connectivity index (χ4v) is 3.65. The van der Waals surface area contributed by atoms with E-state index in [9.17, 15) is 4.79 Å². The van der Waals surface area contributed by atoms with Gasteiger partial charge in [-0.2, -0.15) is 15.1 Å². The van der Waals surface area contributed by atoms with Gasteiger partial charge in [-0.15, -0.1) is 12.4 Å². The monoisotopic (exact) mass is 434 g/mol. The van der Waals surface area contributed by atoms with Crippen molar-refractivity contribution in [3.63, 3.8) is 0 Å². The number of amidine groups is 2. The fourth-order valence-electron chi connectivity index (χ4n) is 2.65. The number of carbonyl (C=O) groups is 1. The number of furan rings is 1. The summed E-state index contributed by atoms with van der Waals surface area (Å²) in [5.74, 6) is 0.616. The molecule has 9 heteroatoms. The van der Waals surface area contributed by atoms with Crippen LogP contribution in [0.15, 0.2) is 50.4 Å². The molecule has 1 N–H and O–H groups in total. The first kappa shape index (κ1) is 20.4. The number of aryl methyl sites for hydroxylation is 1. The van der Waals surface area contributed by atoms with E-state index >= 15 is 0 Å². The Morgan fingerprint density at radius 2 is 2.11 bits per heavy atom. The van der Waals surface area contributed by atoms with Crippen molar-refractivity contribution < 1.29 is 9.21 Å². The molecule has 0 spiro atoms. The first-order chi connectivity index (χ1) is 13.0. The zero-order valence-electron chi connectivity index (χ0n) is 15.0. The molecule has 1 aromatic carbocycles. The largest absolute Gasteiger partial charge is 0.457 e. The number of aliphatic imine (C=N–C) groups is 1. The van der Waals surface area contributed by atoms with E-state index in [2.05, 4.69) is 10.1 Å². The van der Waals surface area contributed by atoms with Crippen molar-refractivity contribution in [1.82, 2.24) is 5.01 Å². The van der Waals surface area contributed by atoms with Gasteiger partial charge in [-0.1, -0.05) is 30.7 Å². The minimum atomic E-state index is -0.470. The third-order valence-electron chi connectivity index (χ3n) is 4.17. The highest BCUT2D eigenvalue weighted by Crippen LogP contribution is 2.31. The molecule has 2 aliphatic heterocycles. The number of carbonyl (C=O) groups excluding carboxylic acids is 1. The Bertz CT molecular complexity index is 1070. The van der Waals surface area contributed by atoms with Crippen molar-refractivity contribution >= 4 is 63.8 Å². The molecule has 0 saturated heterocycles. The quantitative estimate of drug-likeness (QED) is 0.658. The fraction of sp³-hybridized carbons (Fsp3) is 0.158. The lowest BCUT2D eigenvalue weighted by atomic mass is 10.1. The van der Waals surface area contributed by atoms with Crippen LogP contribution in [-0.2, 0) is 4.79 Å². The zero-order valence-corrected chi connectivity index (χ0v) is 17.4. The number of benzene rings is 1. The number of amides is 1. The van der Waals surface area contributed by atoms with Crippen LogP contribution in [0.2, 0.25) is 5.02 Å². The maximum absolute atomic E-state index is 12.4. The summed E-state index contributed by atoms with van der Waals surface area (Å²) in [4.78, 5) is 16.4. The molecule has 0 bridgehead atoms. The molecule has 0 radical (unpaired) electrons. The Morgan fingerprint density at radius 1 is 1.32 bits per heavy atom. The maximum atomic E-state index is 12.4. The molecule has 3 heterocycles. The Morgan fingerprint density at radius 3 is 2.82 bits per heavy atom. The molecule has 1 aromatic heterocycles.